The zero-order chi connectivity index (χ0) is 11.9. The maximum Gasteiger partial charge on any atom is 0.434 e. The lowest BCUT2D eigenvalue weighted by Crippen LogP contribution is -2.10. The fourth-order valence-electron chi connectivity index (χ4n) is 1.31. The molecule has 0 N–H and O–H groups in total. The van der Waals surface area contributed by atoms with Gasteiger partial charge in [0.05, 0.1) is 10.5 Å². The minimum absolute atomic E-state index is 0.00325. The Hall–Kier alpha value is -1.07. The summed E-state index contributed by atoms with van der Waals surface area (Å²) in [5, 5.41) is -0.537. The van der Waals surface area contributed by atoms with E-state index < -0.39 is 17.2 Å². The number of rotatable bonds is 0. The summed E-state index contributed by atoms with van der Waals surface area (Å²) in [4.78, 5) is 6.86. The first-order chi connectivity index (χ1) is 7.39. The van der Waals surface area contributed by atoms with E-state index in [9.17, 15) is 13.2 Å². The van der Waals surface area contributed by atoms with Gasteiger partial charge in [-0.3, -0.25) is 0 Å². The van der Waals surface area contributed by atoms with Crippen LogP contribution in [0.3, 0.4) is 0 Å². The molecule has 16 heavy (non-hydrogen) atoms. The van der Waals surface area contributed by atoms with Crippen LogP contribution < -0.4 is 0 Å². The minimum atomic E-state index is -4.59. The number of alkyl halides is 3. The average Bonchev–Trinajstić information content (AvgIpc) is 2.17. The Morgan fingerprint density at radius 1 is 1.06 bits per heavy atom. The predicted octanol–water partition coefficient (Wildman–Crippen LogP) is 3.96. The number of fused-ring (bicyclic) bond motifs is 1. The molecule has 0 bridgehead atoms. The molecule has 0 fully saturated rings. The minimum Gasteiger partial charge on any atom is -0.216 e. The molecule has 0 spiro atoms. The highest BCUT2D eigenvalue weighted by atomic mass is 35.5. The van der Waals surface area contributed by atoms with Crippen molar-refractivity contribution in [2.24, 2.45) is 0 Å². The van der Waals surface area contributed by atoms with Gasteiger partial charge in [0.2, 0.25) is 5.28 Å². The van der Waals surface area contributed by atoms with Crippen LogP contribution in [0.15, 0.2) is 18.2 Å². The second kappa shape index (κ2) is 3.75. The van der Waals surface area contributed by atoms with Crippen molar-refractivity contribution < 1.29 is 13.2 Å². The molecule has 0 radical (unpaired) electrons. The van der Waals surface area contributed by atoms with E-state index in [1.807, 2.05) is 0 Å². The van der Waals surface area contributed by atoms with Crippen LogP contribution in [0.4, 0.5) is 13.2 Å². The summed E-state index contributed by atoms with van der Waals surface area (Å²) in [7, 11) is 0. The van der Waals surface area contributed by atoms with Crippen LogP contribution >= 0.6 is 23.2 Å². The molecule has 0 aliphatic carbocycles. The summed E-state index contributed by atoms with van der Waals surface area (Å²) in [5.74, 6) is 0. The molecule has 0 saturated carbocycles. The number of hydrogen-bond donors (Lipinski definition) is 0. The summed E-state index contributed by atoms with van der Waals surface area (Å²) >= 11 is 11.2. The number of halogens is 5. The second-order valence-corrected chi connectivity index (χ2v) is 3.72. The number of aromatic nitrogens is 2. The van der Waals surface area contributed by atoms with E-state index >= 15 is 0 Å². The van der Waals surface area contributed by atoms with E-state index in [1.165, 1.54) is 18.2 Å². The molecular formula is C9H3Cl2F3N2. The van der Waals surface area contributed by atoms with Gasteiger partial charge in [0.1, 0.15) is 0 Å². The first-order valence-corrected chi connectivity index (χ1v) is 4.84. The lowest BCUT2D eigenvalue weighted by atomic mass is 10.2. The molecule has 0 aliphatic rings. The molecule has 1 heterocycles. The summed E-state index contributed by atoms with van der Waals surface area (Å²) in [6.07, 6.45) is -4.59. The second-order valence-electron chi connectivity index (χ2n) is 2.98. The van der Waals surface area contributed by atoms with Gasteiger partial charge in [-0.15, -0.1) is 0 Å². The first kappa shape index (κ1) is 11.4. The third kappa shape index (κ3) is 1.92. The predicted molar refractivity (Wildman–Crippen MR) is 54.6 cm³/mol. The summed E-state index contributed by atoms with van der Waals surface area (Å²) < 4.78 is 37.9. The number of para-hydroxylation sites is 1. The van der Waals surface area contributed by atoms with Crippen molar-refractivity contribution in [1.82, 2.24) is 9.97 Å². The van der Waals surface area contributed by atoms with E-state index in [-0.39, 0.29) is 15.9 Å². The molecule has 0 unspecified atom stereocenters. The van der Waals surface area contributed by atoms with Crippen molar-refractivity contribution in [3.63, 3.8) is 0 Å². The standard InChI is InChI=1S/C9H3Cl2F3N2/c10-5-3-1-2-4-6(5)15-8(11)16-7(4)9(12,13)14/h1-3H. The fourth-order valence-corrected chi connectivity index (χ4v) is 1.69. The van der Waals surface area contributed by atoms with Gasteiger partial charge in [-0.05, 0) is 17.7 Å². The Labute approximate surface area is 98.0 Å². The quantitative estimate of drug-likeness (QED) is 0.675. The molecular weight excluding hydrogens is 264 g/mol. The lowest BCUT2D eigenvalue weighted by Gasteiger charge is -2.09. The highest BCUT2D eigenvalue weighted by Gasteiger charge is 2.35. The van der Waals surface area contributed by atoms with Crippen molar-refractivity contribution in [2.75, 3.05) is 0 Å². The molecule has 2 nitrogen and oxygen atoms in total. The zero-order valence-corrected chi connectivity index (χ0v) is 9.03. The largest absolute Gasteiger partial charge is 0.434 e. The molecule has 1 aromatic carbocycles. The molecule has 0 saturated heterocycles. The van der Waals surface area contributed by atoms with Gasteiger partial charge in [-0.2, -0.15) is 13.2 Å². The first-order valence-electron chi connectivity index (χ1n) is 4.08. The van der Waals surface area contributed by atoms with Crippen molar-refractivity contribution in [2.45, 2.75) is 6.18 Å². The SMILES string of the molecule is FC(F)(F)c1nc(Cl)nc2c(Cl)cccc12. The van der Waals surface area contributed by atoms with Crippen LogP contribution in [0.25, 0.3) is 10.9 Å². The molecule has 1 aromatic heterocycles. The maximum atomic E-state index is 12.6. The Balaban J connectivity index is 2.89. The van der Waals surface area contributed by atoms with Crippen molar-refractivity contribution in [3.8, 4) is 0 Å². The molecule has 84 valence electrons. The van der Waals surface area contributed by atoms with Crippen molar-refractivity contribution >= 4 is 34.1 Å². The lowest BCUT2D eigenvalue weighted by molar-refractivity contribution is -0.139. The summed E-state index contributed by atoms with van der Waals surface area (Å²) in [5.41, 5.74) is -1.08. The smallest absolute Gasteiger partial charge is 0.216 e. The Morgan fingerprint density at radius 3 is 2.38 bits per heavy atom. The van der Waals surface area contributed by atoms with Crippen LogP contribution in [0.5, 0.6) is 0 Å². The van der Waals surface area contributed by atoms with Gasteiger partial charge >= 0.3 is 6.18 Å². The van der Waals surface area contributed by atoms with Gasteiger partial charge in [-0.1, -0.05) is 23.7 Å². The molecule has 0 aliphatic heterocycles. The number of nitrogens with zero attached hydrogens (tertiary/aromatic N) is 2. The Kier molecular flexibility index (Phi) is 2.67. The average molecular weight is 267 g/mol. The highest BCUT2D eigenvalue weighted by Crippen LogP contribution is 2.35. The zero-order valence-electron chi connectivity index (χ0n) is 7.52. The van der Waals surface area contributed by atoms with Gasteiger partial charge in [0.25, 0.3) is 0 Å². The van der Waals surface area contributed by atoms with E-state index in [0.29, 0.717) is 0 Å². The van der Waals surface area contributed by atoms with E-state index in [2.05, 4.69) is 9.97 Å². The van der Waals surface area contributed by atoms with E-state index in [1.54, 1.807) is 0 Å². The van der Waals surface area contributed by atoms with Crippen LogP contribution in [0, 0.1) is 0 Å². The van der Waals surface area contributed by atoms with E-state index in [4.69, 9.17) is 23.2 Å². The molecule has 0 amide bonds. The maximum absolute atomic E-state index is 12.6. The van der Waals surface area contributed by atoms with Gasteiger partial charge in [-0.25, -0.2) is 9.97 Å². The molecule has 2 rings (SSSR count). The van der Waals surface area contributed by atoms with Crippen LogP contribution in [-0.4, -0.2) is 9.97 Å². The number of benzene rings is 1. The topological polar surface area (TPSA) is 25.8 Å². The molecule has 2 aromatic rings. The monoisotopic (exact) mass is 266 g/mol. The van der Waals surface area contributed by atoms with Crippen LogP contribution in [0.1, 0.15) is 5.69 Å². The van der Waals surface area contributed by atoms with Crippen molar-refractivity contribution in [1.29, 1.82) is 0 Å². The third-order valence-corrected chi connectivity index (χ3v) is 2.39. The normalized spacial score (nSPS) is 12.1. The summed E-state index contributed by atoms with van der Waals surface area (Å²) in [6, 6.07) is 4.09. The fraction of sp³-hybridized carbons (Fsp3) is 0.111. The van der Waals surface area contributed by atoms with Gasteiger partial charge in [0, 0.05) is 5.39 Å². The van der Waals surface area contributed by atoms with Crippen LogP contribution in [-0.2, 0) is 6.18 Å². The van der Waals surface area contributed by atoms with Gasteiger partial charge < -0.3 is 0 Å². The van der Waals surface area contributed by atoms with E-state index in [0.717, 1.165) is 0 Å². The Morgan fingerprint density at radius 2 is 1.75 bits per heavy atom. The molecule has 0 atom stereocenters. The van der Waals surface area contributed by atoms with Crippen molar-refractivity contribution in [3.05, 3.63) is 34.2 Å². The highest BCUT2D eigenvalue weighted by molar-refractivity contribution is 6.35. The number of hydrogen-bond acceptors (Lipinski definition) is 2. The summed E-state index contributed by atoms with van der Waals surface area (Å²) in [6.45, 7) is 0. The molecule has 7 heteroatoms. The van der Waals surface area contributed by atoms with Gasteiger partial charge in [0.15, 0.2) is 5.69 Å². The Bertz CT molecular complexity index is 554. The van der Waals surface area contributed by atoms with Crippen LogP contribution in [0.2, 0.25) is 10.3 Å². The third-order valence-electron chi connectivity index (χ3n) is 1.92.